The number of hydrogen-bond donors (Lipinski definition) is 1. The van der Waals surface area contributed by atoms with Crippen LogP contribution in [0, 0.1) is 11.8 Å². The summed E-state index contributed by atoms with van der Waals surface area (Å²) >= 11 is 1.37. The molecule has 0 bridgehead atoms. The van der Waals surface area contributed by atoms with E-state index in [-0.39, 0.29) is 5.78 Å². The molecule has 0 spiro atoms. The van der Waals surface area contributed by atoms with Crippen molar-refractivity contribution in [1.82, 2.24) is 4.90 Å². The maximum atomic E-state index is 12.2. The van der Waals surface area contributed by atoms with Gasteiger partial charge in [0.1, 0.15) is 10.7 Å². The van der Waals surface area contributed by atoms with E-state index in [0.717, 1.165) is 54.3 Å². The molecule has 4 nitrogen and oxygen atoms in total. The van der Waals surface area contributed by atoms with Crippen molar-refractivity contribution < 1.29 is 14.7 Å². The Kier molecular flexibility index (Phi) is 6.73. The van der Waals surface area contributed by atoms with E-state index in [4.69, 9.17) is 0 Å². The molecule has 1 fully saturated rings. The predicted octanol–water partition coefficient (Wildman–Crippen LogP) is 5.99. The minimum atomic E-state index is -0.850. The number of carbonyl (C=O) groups excluding carboxylic acids is 1. The van der Waals surface area contributed by atoms with Crippen LogP contribution in [0.1, 0.15) is 61.2 Å². The van der Waals surface area contributed by atoms with Crippen molar-refractivity contribution in [3.8, 4) is 10.4 Å². The maximum Gasteiger partial charge on any atom is 0.346 e. The summed E-state index contributed by atoms with van der Waals surface area (Å²) in [5, 5.41) is 9.99. The summed E-state index contributed by atoms with van der Waals surface area (Å²) in [5.74, 6) is 0.589. The van der Waals surface area contributed by atoms with Gasteiger partial charge < -0.3 is 5.11 Å². The minimum Gasteiger partial charge on any atom is -0.477 e. The Morgan fingerprint density at radius 2 is 1.84 bits per heavy atom. The van der Waals surface area contributed by atoms with Crippen LogP contribution in [-0.2, 0) is 4.79 Å². The second-order valence-electron chi connectivity index (χ2n) is 9.15. The first-order chi connectivity index (χ1) is 14.9. The van der Waals surface area contributed by atoms with E-state index < -0.39 is 5.97 Å². The van der Waals surface area contributed by atoms with Crippen LogP contribution in [0.5, 0.6) is 0 Å². The van der Waals surface area contributed by atoms with Crippen molar-refractivity contribution in [3.63, 3.8) is 0 Å². The Morgan fingerprint density at radius 1 is 1.13 bits per heavy atom. The summed E-state index contributed by atoms with van der Waals surface area (Å²) in [5.41, 5.74) is 4.55. The lowest BCUT2D eigenvalue weighted by atomic mass is 9.75. The van der Waals surface area contributed by atoms with Gasteiger partial charge in [-0.25, -0.2) is 4.79 Å². The third kappa shape index (κ3) is 4.99. The lowest BCUT2D eigenvalue weighted by molar-refractivity contribution is -0.118. The Morgan fingerprint density at radius 3 is 2.48 bits per heavy atom. The van der Waals surface area contributed by atoms with E-state index in [2.05, 4.69) is 17.9 Å². The van der Waals surface area contributed by atoms with Gasteiger partial charge in [-0.15, -0.1) is 11.3 Å². The minimum absolute atomic E-state index is 0.188. The third-order valence-corrected chi connectivity index (χ3v) is 7.90. The number of benzene rings is 1. The topological polar surface area (TPSA) is 57.6 Å². The molecule has 4 rings (SSSR count). The van der Waals surface area contributed by atoms with E-state index in [1.165, 1.54) is 35.3 Å². The standard InChI is InChI=1S/C26H31NO3S/c1-17-8-10-19(11-9-17)23-16-27(15-18(2)28)13-12-21(23)22-14-24(31-25(22)26(29)30)20-6-4-3-5-7-20/h3-7,14,17,19H,8-13,15-16H2,1-2H3,(H,29,30). The normalized spacial score (nSPS) is 22.5. The molecule has 1 saturated carbocycles. The molecule has 0 saturated heterocycles. The highest BCUT2D eigenvalue weighted by molar-refractivity contribution is 7.17. The van der Waals surface area contributed by atoms with Crippen molar-refractivity contribution in [3.05, 3.63) is 52.4 Å². The van der Waals surface area contributed by atoms with Crippen molar-refractivity contribution in [2.45, 2.75) is 46.0 Å². The Bertz CT molecular complexity index is 983. The molecule has 31 heavy (non-hydrogen) atoms. The average Bonchev–Trinajstić information content (AvgIpc) is 3.20. The van der Waals surface area contributed by atoms with Crippen molar-refractivity contribution in [2.75, 3.05) is 19.6 Å². The number of thiophene rings is 1. The highest BCUT2D eigenvalue weighted by Crippen LogP contribution is 2.43. The Labute approximate surface area is 188 Å². The second kappa shape index (κ2) is 9.49. The zero-order valence-corrected chi connectivity index (χ0v) is 19.2. The van der Waals surface area contributed by atoms with Gasteiger partial charge in [-0.2, -0.15) is 0 Å². The fourth-order valence-electron chi connectivity index (χ4n) is 5.11. The van der Waals surface area contributed by atoms with Gasteiger partial charge in [0.05, 0.1) is 6.54 Å². The monoisotopic (exact) mass is 437 g/mol. The van der Waals surface area contributed by atoms with Crippen molar-refractivity contribution in [1.29, 1.82) is 0 Å². The van der Waals surface area contributed by atoms with E-state index in [1.807, 2.05) is 30.3 Å². The largest absolute Gasteiger partial charge is 0.477 e. The van der Waals surface area contributed by atoms with Crippen molar-refractivity contribution in [2.24, 2.45) is 11.8 Å². The van der Waals surface area contributed by atoms with Crippen LogP contribution < -0.4 is 0 Å². The van der Waals surface area contributed by atoms with Crippen LogP contribution in [0.2, 0.25) is 0 Å². The number of rotatable bonds is 6. The molecule has 2 aromatic rings. The van der Waals surface area contributed by atoms with Gasteiger partial charge in [-0.3, -0.25) is 9.69 Å². The Hall–Kier alpha value is -2.24. The number of ketones is 1. The zero-order valence-electron chi connectivity index (χ0n) is 18.4. The first-order valence-electron chi connectivity index (χ1n) is 11.3. The number of hydrogen-bond acceptors (Lipinski definition) is 4. The number of carboxylic acids is 1. The molecule has 5 heteroatoms. The lowest BCUT2D eigenvalue weighted by Crippen LogP contribution is -2.37. The summed E-state index contributed by atoms with van der Waals surface area (Å²) in [6, 6.07) is 12.1. The van der Waals surface area contributed by atoms with Crippen LogP contribution in [-0.4, -0.2) is 41.4 Å². The van der Waals surface area contributed by atoms with Gasteiger partial charge >= 0.3 is 5.97 Å². The molecule has 2 heterocycles. The summed E-state index contributed by atoms with van der Waals surface area (Å²) < 4.78 is 0. The summed E-state index contributed by atoms with van der Waals surface area (Å²) in [4.78, 5) is 27.6. The van der Waals surface area contributed by atoms with Crippen LogP contribution in [0.4, 0.5) is 0 Å². The van der Waals surface area contributed by atoms with Gasteiger partial charge in [0.25, 0.3) is 0 Å². The van der Waals surface area contributed by atoms with Crippen LogP contribution in [0.25, 0.3) is 16.0 Å². The molecule has 0 radical (unpaired) electrons. The molecule has 2 aliphatic rings. The average molecular weight is 438 g/mol. The number of aromatic carboxylic acids is 1. The Balaban J connectivity index is 1.77. The third-order valence-electron chi connectivity index (χ3n) is 6.72. The van der Waals surface area contributed by atoms with E-state index in [1.54, 1.807) is 6.92 Å². The maximum absolute atomic E-state index is 12.2. The van der Waals surface area contributed by atoms with Gasteiger partial charge in [0.2, 0.25) is 0 Å². The predicted molar refractivity (Wildman–Crippen MR) is 126 cm³/mol. The number of carboxylic acid groups (broad SMARTS) is 1. The van der Waals surface area contributed by atoms with Gasteiger partial charge in [0.15, 0.2) is 0 Å². The highest BCUT2D eigenvalue weighted by Gasteiger charge is 2.31. The molecule has 1 aromatic heterocycles. The highest BCUT2D eigenvalue weighted by atomic mass is 32.1. The number of Topliss-reactive ketones (excluding diaryl/α,β-unsaturated/α-hetero) is 1. The smallest absolute Gasteiger partial charge is 0.346 e. The molecular weight excluding hydrogens is 406 g/mol. The van der Waals surface area contributed by atoms with Crippen LogP contribution >= 0.6 is 11.3 Å². The molecule has 1 N–H and O–H groups in total. The fourth-order valence-corrected chi connectivity index (χ4v) is 6.14. The fraction of sp³-hybridized carbons (Fsp3) is 0.462. The number of nitrogens with zero attached hydrogens (tertiary/aromatic N) is 1. The lowest BCUT2D eigenvalue weighted by Gasteiger charge is -2.37. The van der Waals surface area contributed by atoms with Gasteiger partial charge in [-0.05, 0) is 60.8 Å². The molecule has 0 atom stereocenters. The van der Waals surface area contributed by atoms with Crippen molar-refractivity contribution >= 4 is 28.7 Å². The van der Waals surface area contributed by atoms with Gasteiger partial charge in [-0.1, -0.05) is 50.1 Å². The molecule has 1 aliphatic heterocycles. The van der Waals surface area contributed by atoms with Crippen LogP contribution in [0.15, 0.2) is 42.0 Å². The number of carbonyl (C=O) groups is 2. The molecular formula is C26H31NO3S. The summed E-state index contributed by atoms with van der Waals surface area (Å²) in [6.07, 6.45) is 5.57. The first kappa shape index (κ1) is 22.0. The van der Waals surface area contributed by atoms with E-state index in [0.29, 0.717) is 17.3 Å². The van der Waals surface area contributed by atoms with Crippen LogP contribution in [0.3, 0.4) is 0 Å². The molecule has 0 unspecified atom stereocenters. The van der Waals surface area contributed by atoms with Gasteiger partial charge in [0, 0.05) is 23.5 Å². The van der Waals surface area contributed by atoms with E-state index in [9.17, 15) is 14.7 Å². The molecule has 0 amide bonds. The SMILES string of the molecule is CC(=O)CN1CCC(c2cc(-c3ccccc3)sc2C(=O)O)=C(C2CCC(C)CC2)C1. The first-order valence-corrected chi connectivity index (χ1v) is 12.1. The molecule has 1 aromatic carbocycles. The zero-order chi connectivity index (χ0) is 22.0. The molecule has 164 valence electrons. The molecule has 1 aliphatic carbocycles. The quantitative estimate of drug-likeness (QED) is 0.603. The van der Waals surface area contributed by atoms with E-state index >= 15 is 0 Å². The summed E-state index contributed by atoms with van der Waals surface area (Å²) in [7, 11) is 0. The summed E-state index contributed by atoms with van der Waals surface area (Å²) in [6.45, 7) is 6.03. The second-order valence-corrected chi connectivity index (χ2v) is 10.2.